The molecule has 1 atom stereocenters. The minimum atomic E-state index is -0.604. The van der Waals surface area contributed by atoms with Crippen LogP contribution in [-0.2, 0) is 0 Å². The Balaban J connectivity index is 2.51. The highest BCUT2D eigenvalue weighted by Crippen LogP contribution is 2.29. The Hall–Kier alpha value is -0.680. The lowest BCUT2D eigenvalue weighted by molar-refractivity contribution is 0.190. The van der Waals surface area contributed by atoms with Gasteiger partial charge in [-0.1, -0.05) is 11.6 Å². The van der Waals surface area contributed by atoms with Gasteiger partial charge in [-0.2, -0.15) is 0 Å². The van der Waals surface area contributed by atoms with E-state index in [9.17, 15) is 5.11 Å². The van der Waals surface area contributed by atoms with Crippen molar-refractivity contribution in [2.75, 3.05) is 6.54 Å². The van der Waals surface area contributed by atoms with Crippen molar-refractivity contribution in [3.05, 3.63) is 28.2 Å². The van der Waals surface area contributed by atoms with Crippen LogP contribution in [0.4, 0.5) is 0 Å². The highest BCUT2D eigenvalue weighted by Gasteiger charge is 2.10. The van der Waals surface area contributed by atoms with Crippen LogP contribution in [0.15, 0.2) is 18.2 Å². The third-order valence-corrected chi connectivity index (χ3v) is 3.31. The van der Waals surface area contributed by atoms with Gasteiger partial charge < -0.3 is 10.8 Å². The predicted octanol–water partition coefficient (Wildman–Crippen LogP) is 1.94. The molecule has 0 aliphatic heterocycles. The lowest BCUT2D eigenvalue weighted by Crippen LogP contribution is -2.09. The molecular weight excluding hydrogens is 220 g/mol. The predicted molar refractivity (Wildman–Crippen MR) is 58.6 cm³/mol. The summed E-state index contributed by atoms with van der Waals surface area (Å²) < 4.78 is 1.01. The number of thiophene rings is 1. The van der Waals surface area contributed by atoms with E-state index in [4.69, 9.17) is 17.3 Å². The third kappa shape index (κ3) is 1.74. The first-order valence-corrected chi connectivity index (χ1v) is 5.34. The monoisotopic (exact) mass is 228 g/mol. The van der Waals surface area contributed by atoms with Crippen LogP contribution in [0.5, 0.6) is 0 Å². The SMILES string of the molecule is NC[C@H](O)c1cc2nc(Cl)ccc2s1. The lowest BCUT2D eigenvalue weighted by Gasteiger charge is -2.01. The number of halogens is 1. The molecular formula is C9H9ClN2OS. The summed E-state index contributed by atoms with van der Waals surface area (Å²) in [5.41, 5.74) is 6.18. The summed E-state index contributed by atoms with van der Waals surface area (Å²) in [6, 6.07) is 5.45. The molecule has 0 bridgehead atoms. The number of aliphatic hydroxyl groups is 1. The summed E-state index contributed by atoms with van der Waals surface area (Å²) in [5.74, 6) is 0. The Labute approximate surface area is 90.1 Å². The molecule has 0 amide bonds. The van der Waals surface area contributed by atoms with E-state index in [0.29, 0.717) is 5.15 Å². The Morgan fingerprint density at radius 1 is 1.57 bits per heavy atom. The molecule has 3 N–H and O–H groups in total. The molecule has 2 aromatic rings. The van der Waals surface area contributed by atoms with Crippen LogP contribution in [0.1, 0.15) is 11.0 Å². The fourth-order valence-corrected chi connectivity index (χ4v) is 2.35. The van der Waals surface area contributed by atoms with Crippen LogP contribution >= 0.6 is 22.9 Å². The van der Waals surface area contributed by atoms with E-state index >= 15 is 0 Å². The van der Waals surface area contributed by atoms with Gasteiger partial charge in [-0.3, -0.25) is 0 Å². The van der Waals surface area contributed by atoms with Crippen molar-refractivity contribution >= 4 is 33.2 Å². The molecule has 0 radical (unpaired) electrons. The van der Waals surface area contributed by atoms with Gasteiger partial charge in [0, 0.05) is 11.4 Å². The Bertz CT molecular complexity index is 457. The number of hydrogen-bond acceptors (Lipinski definition) is 4. The number of aliphatic hydroxyl groups excluding tert-OH is 1. The van der Waals surface area contributed by atoms with Gasteiger partial charge in [-0.05, 0) is 18.2 Å². The maximum absolute atomic E-state index is 9.52. The second-order valence-electron chi connectivity index (χ2n) is 2.92. The first-order valence-electron chi connectivity index (χ1n) is 4.15. The molecule has 0 saturated heterocycles. The van der Waals surface area contributed by atoms with Crippen LogP contribution in [-0.4, -0.2) is 16.6 Å². The zero-order chi connectivity index (χ0) is 10.1. The molecule has 3 nitrogen and oxygen atoms in total. The molecule has 0 saturated carbocycles. The van der Waals surface area contributed by atoms with Gasteiger partial charge in [-0.15, -0.1) is 11.3 Å². The number of fused-ring (bicyclic) bond motifs is 1. The van der Waals surface area contributed by atoms with Crippen molar-refractivity contribution in [1.29, 1.82) is 0 Å². The van der Waals surface area contributed by atoms with Crippen molar-refractivity contribution in [3.63, 3.8) is 0 Å². The van der Waals surface area contributed by atoms with E-state index in [0.717, 1.165) is 15.1 Å². The quantitative estimate of drug-likeness (QED) is 0.773. The minimum absolute atomic E-state index is 0.223. The number of nitrogens with two attached hydrogens (primary N) is 1. The van der Waals surface area contributed by atoms with Gasteiger partial charge in [0.25, 0.3) is 0 Å². The molecule has 2 heterocycles. The van der Waals surface area contributed by atoms with Crippen LogP contribution in [0.2, 0.25) is 5.15 Å². The number of rotatable bonds is 2. The smallest absolute Gasteiger partial charge is 0.129 e. The van der Waals surface area contributed by atoms with Gasteiger partial charge in [0.15, 0.2) is 0 Å². The van der Waals surface area contributed by atoms with E-state index < -0.39 is 6.10 Å². The summed E-state index contributed by atoms with van der Waals surface area (Å²) in [6.07, 6.45) is -0.604. The Morgan fingerprint density at radius 2 is 2.36 bits per heavy atom. The summed E-state index contributed by atoms with van der Waals surface area (Å²) in [7, 11) is 0. The average molecular weight is 229 g/mol. The highest BCUT2D eigenvalue weighted by molar-refractivity contribution is 7.19. The maximum atomic E-state index is 9.52. The fraction of sp³-hybridized carbons (Fsp3) is 0.222. The molecule has 0 spiro atoms. The molecule has 0 unspecified atom stereocenters. The largest absolute Gasteiger partial charge is 0.386 e. The first-order chi connectivity index (χ1) is 6.70. The van der Waals surface area contributed by atoms with Gasteiger partial charge in [0.2, 0.25) is 0 Å². The van der Waals surface area contributed by atoms with Crippen LogP contribution in [0.25, 0.3) is 10.2 Å². The van der Waals surface area contributed by atoms with Gasteiger partial charge in [0.1, 0.15) is 11.3 Å². The standard InChI is InChI=1S/C9H9ClN2OS/c10-9-2-1-7-5(12-9)3-8(14-7)6(13)4-11/h1-3,6,13H,4,11H2/t6-/m0/s1. The maximum Gasteiger partial charge on any atom is 0.129 e. The summed E-state index contributed by atoms with van der Waals surface area (Å²) in [4.78, 5) is 4.97. The van der Waals surface area contributed by atoms with Crippen molar-refractivity contribution in [2.24, 2.45) is 5.73 Å². The zero-order valence-corrected chi connectivity index (χ0v) is 8.85. The molecule has 2 rings (SSSR count). The normalized spacial score (nSPS) is 13.4. The lowest BCUT2D eigenvalue weighted by atomic mass is 10.3. The molecule has 74 valence electrons. The number of pyridine rings is 1. The second-order valence-corrected chi connectivity index (χ2v) is 4.42. The molecule has 0 aliphatic rings. The molecule has 14 heavy (non-hydrogen) atoms. The van der Waals surface area contributed by atoms with Crippen molar-refractivity contribution < 1.29 is 5.11 Å². The van der Waals surface area contributed by atoms with E-state index in [-0.39, 0.29) is 6.54 Å². The van der Waals surface area contributed by atoms with E-state index in [2.05, 4.69) is 4.98 Å². The minimum Gasteiger partial charge on any atom is -0.386 e. The topological polar surface area (TPSA) is 59.1 Å². The summed E-state index contributed by atoms with van der Waals surface area (Å²) in [5, 5.41) is 9.99. The van der Waals surface area contributed by atoms with Gasteiger partial charge in [-0.25, -0.2) is 4.98 Å². The van der Waals surface area contributed by atoms with Gasteiger partial charge >= 0.3 is 0 Å². The van der Waals surface area contributed by atoms with E-state index in [1.54, 1.807) is 6.07 Å². The van der Waals surface area contributed by atoms with E-state index in [1.165, 1.54) is 11.3 Å². The molecule has 0 aliphatic carbocycles. The van der Waals surface area contributed by atoms with E-state index in [1.807, 2.05) is 12.1 Å². The van der Waals surface area contributed by atoms with Crippen molar-refractivity contribution in [2.45, 2.75) is 6.10 Å². The van der Waals surface area contributed by atoms with Crippen LogP contribution in [0.3, 0.4) is 0 Å². The second kappa shape index (κ2) is 3.82. The first kappa shape index (κ1) is 9.86. The third-order valence-electron chi connectivity index (χ3n) is 1.91. The van der Waals surface area contributed by atoms with Crippen LogP contribution in [0, 0.1) is 0 Å². The highest BCUT2D eigenvalue weighted by atomic mass is 35.5. The van der Waals surface area contributed by atoms with Crippen molar-refractivity contribution in [1.82, 2.24) is 4.98 Å². The molecule has 0 aromatic carbocycles. The summed E-state index contributed by atoms with van der Waals surface area (Å²) >= 11 is 7.24. The average Bonchev–Trinajstić information content (AvgIpc) is 2.59. The molecule has 0 fully saturated rings. The number of nitrogens with zero attached hydrogens (tertiary/aromatic N) is 1. The Kier molecular flexibility index (Phi) is 2.69. The number of hydrogen-bond donors (Lipinski definition) is 2. The molecule has 2 aromatic heterocycles. The van der Waals surface area contributed by atoms with Gasteiger partial charge in [0.05, 0.1) is 10.2 Å². The fourth-order valence-electron chi connectivity index (χ4n) is 1.20. The zero-order valence-electron chi connectivity index (χ0n) is 7.27. The molecule has 5 heteroatoms. The summed E-state index contributed by atoms with van der Waals surface area (Å²) in [6.45, 7) is 0.223. The Morgan fingerprint density at radius 3 is 3.07 bits per heavy atom. The number of aromatic nitrogens is 1. The van der Waals surface area contributed by atoms with Crippen LogP contribution < -0.4 is 5.73 Å². The van der Waals surface area contributed by atoms with Crippen molar-refractivity contribution in [3.8, 4) is 0 Å².